The Hall–Kier alpha value is -3.28. The van der Waals surface area contributed by atoms with E-state index in [1.54, 1.807) is 48.5 Å². The van der Waals surface area contributed by atoms with Gasteiger partial charge in [0, 0.05) is 17.5 Å². The SMILES string of the molecule is N=C(N)c1ccc(OCCCOc2ccc(C(=N)N)cc2)cc1.O=S(=O)(O)CCO.O=S(=O)(O)CCO. The number of nitrogens with two attached hydrogens (primary N) is 2. The van der Waals surface area contributed by atoms with Crippen LogP contribution in [-0.4, -0.2) is 85.8 Å². The minimum Gasteiger partial charge on any atom is -0.493 e. The third kappa shape index (κ3) is 18.6. The number of aliphatic hydroxyl groups excluding tert-OH is 2. The van der Waals surface area contributed by atoms with Crippen molar-refractivity contribution < 1.29 is 45.6 Å². The van der Waals surface area contributed by atoms with E-state index in [2.05, 4.69) is 0 Å². The van der Waals surface area contributed by atoms with Gasteiger partial charge in [0.15, 0.2) is 0 Å². The summed E-state index contributed by atoms with van der Waals surface area (Å²) in [5, 5.41) is 30.4. The van der Waals surface area contributed by atoms with Crippen LogP contribution < -0.4 is 20.9 Å². The van der Waals surface area contributed by atoms with Crippen LogP contribution in [0.5, 0.6) is 11.5 Å². The molecule has 0 aliphatic heterocycles. The summed E-state index contributed by atoms with van der Waals surface area (Å²) < 4.78 is 65.4. The van der Waals surface area contributed by atoms with Crippen molar-refractivity contribution in [3.63, 3.8) is 0 Å². The molecule has 0 saturated carbocycles. The molecule has 14 nitrogen and oxygen atoms in total. The van der Waals surface area contributed by atoms with Gasteiger partial charge in [-0.25, -0.2) is 0 Å². The van der Waals surface area contributed by atoms with E-state index in [4.69, 9.17) is 51.1 Å². The molecule has 2 aromatic carbocycles. The number of nitrogens with one attached hydrogen (secondary N) is 2. The number of ether oxygens (including phenoxy) is 2. The Labute approximate surface area is 215 Å². The molecule has 0 bridgehead atoms. The van der Waals surface area contributed by atoms with Crippen molar-refractivity contribution in [2.75, 3.05) is 37.9 Å². The Kier molecular flexibility index (Phi) is 15.7. The lowest BCUT2D eigenvalue weighted by atomic mass is 10.2. The van der Waals surface area contributed by atoms with Gasteiger partial charge in [-0.05, 0) is 48.5 Å². The molecule has 0 unspecified atom stereocenters. The Morgan fingerprint density at radius 2 is 0.973 bits per heavy atom. The average Bonchev–Trinajstić information content (AvgIpc) is 2.79. The topological polar surface area (TPSA) is 267 Å². The van der Waals surface area contributed by atoms with Gasteiger partial charge in [-0.2, -0.15) is 16.8 Å². The molecule has 0 atom stereocenters. The number of hydrogen-bond donors (Lipinski definition) is 8. The second-order valence-corrected chi connectivity index (χ2v) is 10.1. The first-order valence-electron chi connectivity index (χ1n) is 10.4. The average molecular weight is 565 g/mol. The van der Waals surface area contributed by atoms with Gasteiger partial charge in [0.1, 0.15) is 23.2 Å². The van der Waals surface area contributed by atoms with Crippen LogP contribution in [0.2, 0.25) is 0 Å². The molecular formula is C21H32N4O10S2. The molecule has 0 radical (unpaired) electrons. The quantitative estimate of drug-likeness (QED) is 0.0723. The summed E-state index contributed by atoms with van der Waals surface area (Å²) >= 11 is 0. The monoisotopic (exact) mass is 564 g/mol. The smallest absolute Gasteiger partial charge is 0.267 e. The van der Waals surface area contributed by atoms with Crippen molar-refractivity contribution >= 4 is 31.9 Å². The maximum atomic E-state index is 9.63. The van der Waals surface area contributed by atoms with Crippen molar-refractivity contribution in [1.82, 2.24) is 0 Å². The van der Waals surface area contributed by atoms with Gasteiger partial charge in [0.2, 0.25) is 0 Å². The maximum absolute atomic E-state index is 9.63. The fourth-order valence-corrected chi connectivity index (χ4v) is 2.59. The first-order valence-corrected chi connectivity index (χ1v) is 13.7. The first-order chi connectivity index (χ1) is 17.2. The standard InChI is InChI=1S/C17H20N4O2.2C2H6O4S/c18-16(19)12-2-6-14(7-3-12)22-10-1-11-23-15-8-4-13(5-9-15)17(20)21;2*3-1-2-7(4,5)6/h2-9H,1,10-11H2,(H3,18,19)(H3,20,21);2*3H,1-2H2,(H,4,5,6). The molecule has 0 aromatic heterocycles. The number of aliphatic hydroxyl groups is 2. The number of amidine groups is 2. The van der Waals surface area contributed by atoms with Crippen LogP contribution in [0.1, 0.15) is 17.5 Å². The summed E-state index contributed by atoms with van der Waals surface area (Å²) in [6.07, 6.45) is 0.739. The van der Waals surface area contributed by atoms with E-state index in [1.807, 2.05) is 0 Å². The molecule has 10 N–H and O–H groups in total. The zero-order valence-electron chi connectivity index (χ0n) is 19.8. The molecule has 0 spiro atoms. The molecular weight excluding hydrogens is 532 g/mol. The van der Waals surface area contributed by atoms with Crippen LogP contribution in [0, 0.1) is 10.8 Å². The van der Waals surface area contributed by atoms with Crippen LogP contribution in [0.4, 0.5) is 0 Å². The van der Waals surface area contributed by atoms with E-state index >= 15 is 0 Å². The van der Waals surface area contributed by atoms with Gasteiger partial charge in [0.05, 0.1) is 37.9 Å². The Morgan fingerprint density at radius 1 is 0.676 bits per heavy atom. The predicted octanol–water partition coefficient (Wildman–Crippen LogP) is -0.164. The summed E-state index contributed by atoms with van der Waals surface area (Å²) in [5.74, 6) is 0.406. The van der Waals surface area contributed by atoms with Gasteiger partial charge in [-0.3, -0.25) is 19.9 Å². The predicted molar refractivity (Wildman–Crippen MR) is 138 cm³/mol. The highest BCUT2D eigenvalue weighted by Gasteiger charge is 2.01. The molecule has 0 heterocycles. The van der Waals surface area contributed by atoms with Gasteiger partial charge in [-0.15, -0.1) is 0 Å². The van der Waals surface area contributed by atoms with Gasteiger partial charge in [0.25, 0.3) is 20.2 Å². The lowest BCUT2D eigenvalue weighted by Gasteiger charge is -2.09. The Balaban J connectivity index is 0.000000761. The molecule has 2 aromatic rings. The number of benzene rings is 2. The van der Waals surface area contributed by atoms with Crippen LogP contribution in [0.15, 0.2) is 48.5 Å². The third-order valence-electron chi connectivity index (χ3n) is 3.86. The highest BCUT2D eigenvalue weighted by molar-refractivity contribution is 7.86. The molecule has 0 amide bonds. The van der Waals surface area contributed by atoms with Crippen LogP contribution in [0.3, 0.4) is 0 Å². The van der Waals surface area contributed by atoms with E-state index in [0.29, 0.717) is 24.3 Å². The van der Waals surface area contributed by atoms with Crippen LogP contribution in [-0.2, 0) is 20.2 Å². The van der Waals surface area contributed by atoms with E-state index in [0.717, 1.165) is 17.9 Å². The van der Waals surface area contributed by atoms with Gasteiger partial charge < -0.3 is 31.2 Å². The summed E-state index contributed by atoms with van der Waals surface area (Å²) in [6.45, 7) is 0.00750. The number of nitrogen functional groups attached to an aromatic ring is 2. The largest absolute Gasteiger partial charge is 0.493 e. The van der Waals surface area contributed by atoms with Crippen molar-refractivity contribution in [1.29, 1.82) is 10.8 Å². The van der Waals surface area contributed by atoms with Crippen molar-refractivity contribution in [3.05, 3.63) is 59.7 Å². The van der Waals surface area contributed by atoms with E-state index in [9.17, 15) is 16.8 Å². The van der Waals surface area contributed by atoms with E-state index < -0.39 is 45.0 Å². The van der Waals surface area contributed by atoms with Crippen molar-refractivity contribution in [3.8, 4) is 11.5 Å². The molecule has 0 aliphatic rings. The lowest BCUT2D eigenvalue weighted by Crippen LogP contribution is -2.11. The second-order valence-electron chi connectivity index (χ2n) is 6.95. The van der Waals surface area contributed by atoms with E-state index in [1.165, 1.54) is 0 Å². The Morgan fingerprint density at radius 3 is 1.16 bits per heavy atom. The summed E-state index contributed by atoms with van der Waals surface area (Å²) in [7, 11) is -7.85. The number of rotatable bonds is 12. The molecule has 0 saturated heterocycles. The highest BCUT2D eigenvalue weighted by atomic mass is 32.2. The van der Waals surface area contributed by atoms with Crippen LogP contribution in [0.25, 0.3) is 0 Å². The molecule has 37 heavy (non-hydrogen) atoms. The second kappa shape index (κ2) is 17.2. The summed E-state index contributed by atoms with van der Waals surface area (Å²) in [4.78, 5) is 0. The maximum Gasteiger partial charge on any atom is 0.267 e. The summed E-state index contributed by atoms with van der Waals surface area (Å²) in [5.41, 5.74) is 12.1. The minimum atomic E-state index is -3.92. The molecule has 0 aliphatic carbocycles. The molecule has 16 heteroatoms. The fourth-order valence-electron chi connectivity index (χ4n) is 2.13. The van der Waals surface area contributed by atoms with Crippen molar-refractivity contribution in [2.45, 2.75) is 6.42 Å². The zero-order chi connectivity index (χ0) is 28.5. The Bertz CT molecular complexity index is 1080. The highest BCUT2D eigenvalue weighted by Crippen LogP contribution is 2.14. The number of hydrogen-bond acceptors (Lipinski definition) is 10. The molecule has 208 valence electrons. The van der Waals surface area contributed by atoms with Gasteiger partial charge in [-0.1, -0.05) is 0 Å². The lowest BCUT2D eigenvalue weighted by molar-refractivity contribution is 0.247. The molecule has 2 rings (SSSR count). The molecule has 0 fully saturated rings. The van der Waals surface area contributed by atoms with E-state index in [-0.39, 0.29) is 11.7 Å². The summed E-state index contributed by atoms with van der Waals surface area (Å²) in [6, 6.07) is 14.2. The first kappa shape index (κ1) is 33.7. The third-order valence-corrected chi connectivity index (χ3v) is 5.25. The van der Waals surface area contributed by atoms with Crippen molar-refractivity contribution in [2.24, 2.45) is 11.5 Å². The normalized spacial score (nSPS) is 10.7. The van der Waals surface area contributed by atoms with Crippen LogP contribution >= 0.6 is 0 Å². The van der Waals surface area contributed by atoms with Gasteiger partial charge >= 0.3 is 0 Å². The fraction of sp³-hybridized carbons (Fsp3) is 0.333. The minimum absolute atomic E-state index is 0.0424. The zero-order valence-corrected chi connectivity index (χ0v) is 21.4.